The first-order valence-electron chi connectivity index (χ1n) is 8.23. The van der Waals surface area contributed by atoms with Crippen molar-refractivity contribution in [2.45, 2.75) is 32.6 Å². The summed E-state index contributed by atoms with van der Waals surface area (Å²) < 4.78 is 5.07. The Hall–Kier alpha value is -2.53. The SMILES string of the molecule is COc1ccc(NC(=O)CC(=O)Nc2ccccc2C(C)(C)C)cc1Cl. The quantitative estimate of drug-likeness (QED) is 0.751. The van der Waals surface area contributed by atoms with Crippen LogP contribution in [0.4, 0.5) is 11.4 Å². The molecule has 0 bridgehead atoms. The van der Waals surface area contributed by atoms with Gasteiger partial charge in [0, 0.05) is 11.4 Å². The number of ether oxygens (including phenoxy) is 1. The van der Waals surface area contributed by atoms with E-state index < -0.39 is 5.91 Å². The maximum absolute atomic E-state index is 12.2. The summed E-state index contributed by atoms with van der Waals surface area (Å²) in [5.74, 6) is -0.281. The predicted molar refractivity (Wildman–Crippen MR) is 105 cm³/mol. The van der Waals surface area contributed by atoms with E-state index in [2.05, 4.69) is 31.4 Å². The van der Waals surface area contributed by atoms with Gasteiger partial charge >= 0.3 is 0 Å². The van der Waals surface area contributed by atoms with E-state index >= 15 is 0 Å². The van der Waals surface area contributed by atoms with Gasteiger partial charge in [-0.3, -0.25) is 9.59 Å². The van der Waals surface area contributed by atoms with Crippen molar-refractivity contribution in [1.82, 2.24) is 0 Å². The van der Waals surface area contributed by atoms with Gasteiger partial charge in [0.1, 0.15) is 12.2 Å². The van der Waals surface area contributed by atoms with Gasteiger partial charge in [-0.2, -0.15) is 0 Å². The maximum atomic E-state index is 12.2. The van der Waals surface area contributed by atoms with Crippen LogP contribution in [0.25, 0.3) is 0 Å². The lowest BCUT2D eigenvalue weighted by atomic mass is 9.86. The number of hydrogen-bond acceptors (Lipinski definition) is 3. The van der Waals surface area contributed by atoms with Crippen molar-refractivity contribution in [2.24, 2.45) is 0 Å². The molecule has 0 unspecified atom stereocenters. The third-order valence-electron chi connectivity index (χ3n) is 3.77. The molecule has 0 atom stereocenters. The Balaban J connectivity index is 2.00. The highest BCUT2D eigenvalue weighted by molar-refractivity contribution is 6.32. The number of carbonyl (C=O) groups is 2. The Morgan fingerprint density at radius 2 is 1.69 bits per heavy atom. The largest absolute Gasteiger partial charge is 0.495 e. The summed E-state index contributed by atoms with van der Waals surface area (Å²) >= 11 is 6.03. The highest BCUT2D eigenvalue weighted by atomic mass is 35.5. The summed E-state index contributed by atoms with van der Waals surface area (Å²) in [6.07, 6.45) is -0.290. The van der Waals surface area contributed by atoms with Crippen molar-refractivity contribution in [3.8, 4) is 5.75 Å². The zero-order valence-corrected chi connectivity index (χ0v) is 16.1. The summed E-state index contributed by atoms with van der Waals surface area (Å²) in [5.41, 5.74) is 2.11. The predicted octanol–water partition coefficient (Wildman–Crippen LogP) is 4.61. The molecule has 0 saturated heterocycles. The van der Waals surface area contributed by atoms with Crippen LogP contribution >= 0.6 is 11.6 Å². The summed E-state index contributed by atoms with van der Waals surface area (Å²) in [7, 11) is 1.51. The molecule has 0 fully saturated rings. The third-order valence-corrected chi connectivity index (χ3v) is 4.06. The first-order valence-corrected chi connectivity index (χ1v) is 8.61. The van der Waals surface area contributed by atoms with Crippen molar-refractivity contribution >= 4 is 34.8 Å². The van der Waals surface area contributed by atoms with Crippen molar-refractivity contribution in [1.29, 1.82) is 0 Å². The molecule has 2 N–H and O–H groups in total. The summed E-state index contributed by atoms with van der Waals surface area (Å²) in [5, 5.41) is 5.86. The molecule has 2 aromatic carbocycles. The highest BCUT2D eigenvalue weighted by Crippen LogP contribution is 2.29. The van der Waals surface area contributed by atoms with Crippen LogP contribution in [0, 0.1) is 0 Å². The maximum Gasteiger partial charge on any atom is 0.233 e. The van der Waals surface area contributed by atoms with Crippen LogP contribution in [-0.4, -0.2) is 18.9 Å². The van der Waals surface area contributed by atoms with E-state index in [0.717, 1.165) is 5.56 Å². The number of carbonyl (C=O) groups excluding carboxylic acids is 2. The van der Waals surface area contributed by atoms with Gasteiger partial charge in [0.15, 0.2) is 0 Å². The molecule has 5 nitrogen and oxygen atoms in total. The topological polar surface area (TPSA) is 67.4 Å². The molecule has 2 aromatic rings. The van der Waals surface area contributed by atoms with Gasteiger partial charge in [0.05, 0.1) is 12.1 Å². The smallest absolute Gasteiger partial charge is 0.233 e. The number of amides is 2. The Kier molecular flexibility index (Phi) is 6.27. The molecule has 6 heteroatoms. The molecule has 0 spiro atoms. The molecular formula is C20H23ClN2O3. The summed E-state index contributed by atoms with van der Waals surface area (Å²) in [4.78, 5) is 24.4. The molecular weight excluding hydrogens is 352 g/mol. The number of halogens is 1. The van der Waals surface area contributed by atoms with Crippen LogP contribution in [0.3, 0.4) is 0 Å². The second-order valence-electron chi connectivity index (χ2n) is 6.92. The first-order chi connectivity index (χ1) is 12.2. The van der Waals surface area contributed by atoms with E-state index in [-0.39, 0.29) is 17.7 Å². The summed E-state index contributed by atoms with van der Waals surface area (Å²) in [6.45, 7) is 6.20. The van der Waals surface area contributed by atoms with Gasteiger partial charge < -0.3 is 15.4 Å². The van der Waals surface area contributed by atoms with Crippen LogP contribution in [0.1, 0.15) is 32.8 Å². The number of benzene rings is 2. The van der Waals surface area contributed by atoms with E-state index in [1.165, 1.54) is 7.11 Å². The number of rotatable bonds is 5. The molecule has 0 aromatic heterocycles. The Morgan fingerprint density at radius 3 is 2.31 bits per heavy atom. The average Bonchev–Trinajstić information content (AvgIpc) is 2.54. The fraction of sp³-hybridized carbons (Fsp3) is 0.300. The molecule has 0 saturated carbocycles. The van der Waals surface area contributed by atoms with Crippen molar-refractivity contribution in [3.05, 3.63) is 53.1 Å². The zero-order chi connectivity index (χ0) is 19.3. The van der Waals surface area contributed by atoms with Gasteiger partial charge in [-0.25, -0.2) is 0 Å². The van der Waals surface area contributed by atoms with Crippen molar-refractivity contribution in [3.63, 3.8) is 0 Å². The Bertz CT molecular complexity index is 813. The number of para-hydroxylation sites is 1. The van der Waals surface area contributed by atoms with Gasteiger partial charge in [-0.05, 0) is 35.2 Å². The van der Waals surface area contributed by atoms with E-state index in [9.17, 15) is 9.59 Å². The molecule has 2 rings (SSSR count). The molecule has 138 valence electrons. The minimum atomic E-state index is -0.419. The molecule has 0 radical (unpaired) electrons. The number of anilines is 2. The van der Waals surface area contributed by atoms with E-state index in [1.54, 1.807) is 18.2 Å². The average molecular weight is 375 g/mol. The van der Waals surface area contributed by atoms with Crippen molar-refractivity contribution < 1.29 is 14.3 Å². The minimum Gasteiger partial charge on any atom is -0.495 e. The molecule has 26 heavy (non-hydrogen) atoms. The standard InChI is InChI=1S/C20H23ClN2O3/c1-20(2,3)14-7-5-6-8-16(14)23-19(25)12-18(24)22-13-9-10-17(26-4)15(21)11-13/h5-11H,12H2,1-4H3,(H,22,24)(H,23,25). The van der Waals surface area contributed by atoms with E-state index in [0.29, 0.717) is 22.1 Å². The van der Waals surface area contributed by atoms with Gasteiger partial charge in [-0.1, -0.05) is 50.6 Å². The van der Waals surface area contributed by atoms with Crippen LogP contribution in [0.15, 0.2) is 42.5 Å². The molecule has 0 aliphatic rings. The van der Waals surface area contributed by atoms with Gasteiger partial charge in [0.25, 0.3) is 0 Å². The zero-order valence-electron chi connectivity index (χ0n) is 15.4. The number of methoxy groups -OCH3 is 1. The second-order valence-corrected chi connectivity index (χ2v) is 7.33. The minimum absolute atomic E-state index is 0.119. The van der Waals surface area contributed by atoms with Crippen LogP contribution in [0.2, 0.25) is 5.02 Å². The van der Waals surface area contributed by atoms with E-state index in [4.69, 9.17) is 16.3 Å². The Morgan fingerprint density at radius 1 is 1.04 bits per heavy atom. The normalized spacial score (nSPS) is 11.0. The summed E-state index contributed by atoms with van der Waals surface area (Å²) in [6, 6.07) is 12.5. The molecule has 0 aliphatic carbocycles. The lowest BCUT2D eigenvalue weighted by Crippen LogP contribution is -2.23. The van der Waals surface area contributed by atoms with Crippen LogP contribution in [0.5, 0.6) is 5.75 Å². The monoisotopic (exact) mass is 374 g/mol. The van der Waals surface area contributed by atoms with Crippen LogP contribution < -0.4 is 15.4 Å². The number of nitrogens with one attached hydrogen (secondary N) is 2. The Labute approximate surface area is 158 Å². The third kappa shape index (κ3) is 5.23. The number of hydrogen-bond donors (Lipinski definition) is 2. The lowest BCUT2D eigenvalue weighted by Gasteiger charge is -2.23. The lowest BCUT2D eigenvalue weighted by molar-refractivity contribution is -0.123. The first kappa shape index (κ1) is 19.8. The second kappa shape index (κ2) is 8.23. The highest BCUT2D eigenvalue weighted by Gasteiger charge is 2.19. The molecule has 2 amide bonds. The van der Waals surface area contributed by atoms with Crippen molar-refractivity contribution in [2.75, 3.05) is 17.7 Å². The fourth-order valence-corrected chi connectivity index (χ4v) is 2.79. The van der Waals surface area contributed by atoms with E-state index in [1.807, 2.05) is 24.3 Å². The molecule has 0 heterocycles. The van der Waals surface area contributed by atoms with Gasteiger partial charge in [0.2, 0.25) is 11.8 Å². The van der Waals surface area contributed by atoms with Crippen LogP contribution in [-0.2, 0) is 15.0 Å². The van der Waals surface area contributed by atoms with Gasteiger partial charge in [-0.15, -0.1) is 0 Å². The molecule has 0 aliphatic heterocycles. The fourth-order valence-electron chi connectivity index (χ4n) is 2.54.